The summed E-state index contributed by atoms with van der Waals surface area (Å²) in [6.07, 6.45) is -0.242. The molecular formula is C6H7NO4. The third kappa shape index (κ3) is 1.54. The van der Waals surface area contributed by atoms with Gasteiger partial charge < -0.3 is 9.94 Å². The van der Waals surface area contributed by atoms with Crippen LogP contribution in [0.2, 0.25) is 0 Å². The van der Waals surface area contributed by atoms with Gasteiger partial charge in [-0.3, -0.25) is 4.79 Å². The van der Waals surface area contributed by atoms with Gasteiger partial charge in [0.25, 0.3) is 0 Å². The van der Waals surface area contributed by atoms with Gasteiger partial charge in [0.15, 0.2) is 0 Å². The molecule has 0 aliphatic carbocycles. The van der Waals surface area contributed by atoms with Crippen LogP contribution in [0.25, 0.3) is 0 Å². The Morgan fingerprint density at radius 2 is 2.45 bits per heavy atom. The average Bonchev–Trinajstić information content (AvgIpc) is 2.18. The number of carbonyl (C=O) groups excluding carboxylic acids is 1. The minimum atomic E-state index is -1.02. The third-order valence-electron chi connectivity index (χ3n) is 1.45. The first-order chi connectivity index (χ1) is 5.11. The monoisotopic (exact) mass is 157 g/mol. The lowest BCUT2D eigenvalue weighted by Gasteiger charge is -1.99. The molecule has 1 heterocycles. The molecule has 0 unspecified atom stereocenters. The van der Waals surface area contributed by atoms with E-state index in [4.69, 9.17) is 5.11 Å². The first kappa shape index (κ1) is 7.71. The summed E-state index contributed by atoms with van der Waals surface area (Å²) in [6, 6.07) is 0. The van der Waals surface area contributed by atoms with Crippen LogP contribution in [0.5, 0.6) is 0 Å². The van der Waals surface area contributed by atoms with Gasteiger partial charge in [0.1, 0.15) is 5.92 Å². The molecule has 0 saturated heterocycles. The predicted octanol–water partition coefficient (Wildman–Crippen LogP) is 0.0100. The van der Waals surface area contributed by atoms with Crippen LogP contribution in [0, 0.1) is 5.92 Å². The van der Waals surface area contributed by atoms with E-state index < -0.39 is 17.9 Å². The van der Waals surface area contributed by atoms with Crippen LogP contribution in [-0.2, 0) is 14.4 Å². The van der Waals surface area contributed by atoms with Crippen molar-refractivity contribution < 1.29 is 19.5 Å². The fourth-order valence-electron chi connectivity index (χ4n) is 0.820. The van der Waals surface area contributed by atoms with Crippen LogP contribution >= 0.6 is 0 Å². The van der Waals surface area contributed by atoms with Crippen molar-refractivity contribution in [3.8, 4) is 0 Å². The lowest BCUT2D eigenvalue weighted by molar-refractivity contribution is -0.148. The highest BCUT2D eigenvalue weighted by Crippen LogP contribution is 2.15. The lowest BCUT2D eigenvalue weighted by atomic mass is 10.0. The van der Waals surface area contributed by atoms with Gasteiger partial charge in [0, 0.05) is 0 Å². The summed E-state index contributed by atoms with van der Waals surface area (Å²) >= 11 is 0. The van der Waals surface area contributed by atoms with E-state index >= 15 is 0 Å². The number of hydrogen-bond acceptors (Lipinski definition) is 4. The van der Waals surface area contributed by atoms with Crippen LogP contribution in [0.15, 0.2) is 5.16 Å². The van der Waals surface area contributed by atoms with Crippen LogP contribution in [0.3, 0.4) is 0 Å². The minimum Gasteiger partial charge on any atom is -0.481 e. The number of rotatable bonds is 2. The Kier molecular flexibility index (Phi) is 1.89. The third-order valence-corrected chi connectivity index (χ3v) is 1.45. The average molecular weight is 157 g/mol. The zero-order valence-electron chi connectivity index (χ0n) is 5.90. The molecule has 1 aliphatic rings. The molecule has 0 aromatic rings. The largest absolute Gasteiger partial charge is 0.481 e. The number of oxime groups is 1. The van der Waals surface area contributed by atoms with Crippen LogP contribution in [0.1, 0.15) is 13.3 Å². The fraction of sp³-hybridized carbons (Fsp3) is 0.500. The Morgan fingerprint density at radius 3 is 2.82 bits per heavy atom. The summed E-state index contributed by atoms with van der Waals surface area (Å²) in [7, 11) is 0. The van der Waals surface area contributed by atoms with Gasteiger partial charge in [0.2, 0.25) is 0 Å². The van der Waals surface area contributed by atoms with Gasteiger partial charge in [-0.1, -0.05) is 5.16 Å². The van der Waals surface area contributed by atoms with Crippen molar-refractivity contribution in [3.63, 3.8) is 0 Å². The quantitative estimate of drug-likeness (QED) is 0.573. The summed E-state index contributed by atoms with van der Waals surface area (Å²) in [5.74, 6) is -2.29. The van der Waals surface area contributed by atoms with Gasteiger partial charge in [0.05, 0.1) is 12.1 Å². The molecule has 0 saturated carbocycles. The van der Waals surface area contributed by atoms with E-state index in [0.717, 1.165) is 0 Å². The normalized spacial score (nSPS) is 22.8. The summed E-state index contributed by atoms with van der Waals surface area (Å²) in [6.45, 7) is 1.57. The number of carbonyl (C=O) groups is 2. The molecule has 0 aromatic carbocycles. The number of carboxylic acid groups (broad SMARTS) is 1. The maximum Gasteiger partial charge on any atom is 0.344 e. The van der Waals surface area contributed by atoms with E-state index in [0.29, 0.717) is 5.71 Å². The van der Waals surface area contributed by atoms with Crippen molar-refractivity contribution in [1.29, 1.82) is 0 Å². The number of aliphatic carboxylic acids is 1. The number of hydrogen-bond donors (Lipinski definition) is 1. The van der Waals surface area contributed by atoms with Gasteiger partial charge in [-0.25, -0.2) is 4.79 Å². The Morgan fingerprint density at radius 1 is 1.82 bits per heavy atom. The maximum absolute atomic E-state index is 10.7. The van der Waals surface area contributed by atoms with E-state index in [1.807, 2.05) is 0 Å². The molecule has 5 nitrogen and oxygen atoms in total. The van der Waals surface area contributed by atoms with Gasteiger partial charge in [-0.15, -0.1) is 0 Å². The van der Waals surface area contributed by atoms with E-state index in [1.54, 1.807) is 6.92 Å². The van der Waals surface area contributed by atoms with Gasteiger partial charge in [-0.05, 0) is 6.92 Å². The van der Waals surface area contributed by atoms with Gasteiger partial charge in [-0.2, -0.15) is 0 Å². The first-order valence-electron chi connectivity index (χ1n) is 3.08. The number of nitrogens with zero attached hydrogens (tertiary/aromatic N) is 1. The second-order valence-corrected chi connectivity index (χ2v) is 2.29. The van der Waals surface area contributed by atoms with Crippen LogP contribution in [0.4, 0.5) is 0 Å². The van der Waals surface area contributed by atoms with Crippen molar-refractivity contribution >= 4 is 17.7 Å². The molecule has 1 aliphatic heterocycles. The molecule has 1 atom stereocenters. The zero-order chi connectivity index (χ0) is 8.43. The molecule has 1 rings (SSSR count). The first-order valence-corrected chi connectivity index (χ1v) is 3.08. The fourth-order valence-corrected chi connectivity index (χ4v) is 0.820. The molecule has 5 heteroatoms. The predicted molar refractivity (Wildman–Crippen MR) is 34.9 cm³/mol. The molecule has 0 fully saturated rings. The lowest BCUT2D eigenvalue weighted by Crippen LogP contribution is -2.19. The summed E-state index contributed by atoms with van der Waals surface area (Å²) in [4.78, 5) is 25.2. The van der Waals surface area contributed by atoms with Crippen molar-refractivity contribution in [1.82, 2.24) is 0 Å². The van der Waals surface area contributed by atoms with Crippen LogP contribution in [-0.4, -0.2) is 22.8 Å². The van der Waals surface area contributed by atoms with E-state index in [9.17, 15) is 9.59 Å². The molecule has 0 spiro atoms. The highest BCUT2D eigenvalue weighted by Gasteiger charge is 2.31. The summed E-state index contributed by atoms with van der Waals surface area (Å²) in [5, 5.41) is 11.7. The van der Waals surface area contributed by atoms with Crippen molar-refractivity contribution in [3.05, 3.63) is 0 Å². The molecule has 60 valence electrons. The molecule has 0 bridgehead atoms. The SMILES string of the molecule is CC1=NOC(=O)[C@@H]1CC(=O)O. The van der Waals surface area contributed by atoms with E-state index in [-0.39, 0.29) is 6.42 Å². The maximum atomic E-state index is 10.7. The Labute approximate surface area is 62.6 Å². The zero-order valence-corrected chi connectivity index (χ0v) is 5.90. The molecule has 0 aromatic heterocycles. The highest BCUT2D eigenvalue weighted by molar-refractivity contribution is 6.05. The number of carboxylic acids is 1. The molecular weight excluding hydrogens is 150 g/mol. The topological polar surface area (TPSA) is 76.0 Å². The summed E-state index contributed by atoms with van der Waals surface area (Å²) < 4.78 is 0. The van der Waals surface area contributed by atoms with Crippen molar-refractivity contribution in [2.24, 2.45) is 11.1 Å². The standard InChI is InChI=1S/C6H7NO4/c1-3-4(2-5(8)9)6(10)11-7-3/h4H,2H2,1H3,(H,8,9)/t4-/m1/s1. The molecule has 0 radical (unpaired) electrons. The molecule has 11 heavy (non-hydrogen) atoms. The van der Waals surface area contributed by atoms with Crippen molar-refractivity contribution in [2.75, 3.05) is 0 Å². The van der Waals surface area contributed by atoms with Gasteiger partial charge >= 0.3 is 11.9 Å². The van der Waals surface area contributed by atoms with Crippen molar-refractivity contribution in [2.45, 2.75) is 13.3 Å². The minimum absolute atomic E-state index is 0.242. The van der Waals surface area contributed by atoms with Crippen LogP contribution < -0.4 is 0 Å². The highest BCUT2D eigenvalue weighted by atomic mass is 16.7. The Balaban J connectivity index is 2.63. The second kappa shape index (κ2) is 2.69. The summed E-state index contributed by atoms with van der Waals surface area (Å²) in [5.41, 5.74) is 0.428. The van der Waals surface area contributed by atoms with E-state index in [2.05, 4.69) is 9.99 Å². The Hall–Kier alpha value is -1.39. The molecule has 1 N–H and O–H groups in total. The second-order valence-electron chi connectivity index (χ2n) is 2.29. The smallest absolute Gasteiger partial charge is 0.344 e. The Bertz CT molecular complexity index is 233. The van der Waals surface area contributed by atoms with E-state index in [1.165, 1.54) is 0 Å². The molecule has 0 amide bonds.